The van der Waals surface area contributed by atoms with Crippen molar-refractivity contribution in [2.75, 3.05) is 6.54 Å². The molecule has 1 amide bonds. The Morgan fingerprint density at radius 2 is 1.97 bits per heavy atom. The highest BCUT2D eigenvalue weighted by atomic mass is 16.3. The minimum Gasteiger partial charge on any atom is -0.506 e. The van der Waals surface area contributed by atoms with Crippen LogP contribution < -0.4 is 10.9 Å². The number of carbonyl (C=O) groups is 1. The predicted molar refractivity (Wildman–Crippen MR) is 126 cm³/mol. The molecule has 1 aromatic carbocycles. The first kappa shape index (κ1) is 23.3. The lowest BCUT2D eigenvalue weighted by Crippen LogP contribution is -2.56. The lowest BCUT2D eigenvalue weighted by atomic mass is 9.79. The van der Waals surface area contributed by atoms with E-state index in [1.54, 1.807) is 22.8 Å². The molecule has 1 saturated carbocycles. The summed E-state index contributed by atoms with van der Waals surface area (Å²) in [6.45, 7) is 6.86. The molecule has 31 heavy (non-hydrogen) atoms. The summed E-state index contributed by atoms with van der Waals surface area (Å²) in [6.07, 6.45) is 6.76. The lowest BCUT2D eigenvalue weighted by Gasteiger charge is -2.46. The molecule has 2 bridgehead atoms. The van der Waals surface area contributed by atoms with Gasteiger partial charge in [0, 0.05) is 24.0 Å². The van der Waals surface area contributed by atoms with E-state index in [-0.39, 0.29) is 30.9 Å². The standard InChI is InChI=1S/C24H33N3O3.CH4/c1-4-20(26-13-12-16-8-7-9-17(26)14-16)25-23(29)21-22(28)18-10-5-6-11-19(18)27(15(2)3)24(21)30;/h5-6,10-11,15-17,20,28H,4,7-9,12-14H2,1-3H3,(H,25,29);1H4. The third kappa shape index (κ3) is 4.22. The molecule has 6 nitrogen and oxygen atoms in total. The average Bonchev–Trinajstić information content (AvgIpc) is 2.72. The minimum absolute atomic E-state index is 0. The van der Waals surface area contributed by atoms with Crippen molar-refractivity contribution < 1.29 is 9.90 Å². The SMILES string of the molecule is C.CCC(NC(=O)c1c(O)c2ccccc2n(C(C)C)c1=O)N1CCC2CCCC1C2. The third-order valence-electron chi connectivity index (χ3n) is 6.94. The van der Waals surface area contributed by atoms with Crippen LogP contribution in [0.15, 0.2) is 29.1 Å². The number of nitrogens with one attached hydrogen (secondary N) is 1. The van der Waals surface area contributed by atoms with Crippen molar-refractivity contribution in [3.05, 3.63) is 40.2 Å². The van der Waals surface area contributed by atoms with Gasteiger partial charge in [0.05, 0.1) is 11.7 Å². The second-order valence-corrected chi connectivity index (χ2v) is 9.12. The van der Waals surface area contributed by atoms with E-state index < -0.39 is 11.5 Å². The van der Waals surface area contributed by atoms with E-state index in [0.29, 0.717) is 16.9 Å². The van der Waals surface area contributed by atoms with Gasteiger partial charge < -0.3 is 15.0 Å². The zero-order valence-electron chi connectivity index (χ0n) is 18.2. The summed E-state index contributed by atoms with van der Waals surface area (Å²) in [5.74, 6) is 0.106. The number of likely N-dealkylation sites (tertiary alicyclic amines) is 1. The normalized spacial score (nSPS) is 22.2. The first-order valence-corrected chi connectivity index (χ1v) is 11.3. The molecule has 2 aliphatic rings. The number of piperidine rings is 1. The van der Waals surface area contributed by atoms with Gasteiger partial charge >= 0.3 is 0 Å². The smallest absolute Gasteiger partial charge is 0.267 e. The van der Waals surface area contributed by atoms with E-state index >= 15 is 0 Å². The quantitative estimate of drug-likeness (QED) is 0.728. The van der Waals surface area contributed by atoms with E-state index in [4.69, 9.17) is 0 Å². The fourth-order valence-corrected chi connectivity index (χ4v) is 5.46. The van der Waals surface area contributed by atoms with Gasteiger partial charge in [-0.1, -0.05) is 39.3 Å². The van der Waals surface area contributed by atoms with Crippen LogP contribution >= 0.6 is 0 Å². The van der Waals surface area contributed by atoms with E-state index in [1.165, 1.54) is 32.1 Å². The number of hydrogen-bond donors (Lipinski definition) is 2. The highest BCUT2D eigenvalue weighted by molar-refractivity contribution is 6.02. The minimum atomic E-state index is -0.484. The fraction of sp³-hybridized carbons (Fsp3) is 0.600. The van der Waals surface area contributed by atoms with Crippen LogP contribution in [0.25, 0.3) is 10.9 Å². The molecule has 4 rings (SSSR count). The zero-order valence-corrected chi connectivity index (χ0v) is 18.2. The van der Waals surface area contributed by atoms with Gasteiger partial charge in [0.15, 0.2) is 0 Å². The Labute approximate surface area is 185 Å². The number of carbonyl (C=O) groups excluding carboxylic acids is 1. The van der Waals surface area contributed by atoms with Gasteiger partial charge in [0.25, 0.3) is 11.5 Å². The summed E-state index contributed by atoms with van der Waals surface area (Å²) in [6, 6.07) is 7.57. The Hall–Kier alpha value is -2.34. The van der Waals surface area contributed by atoms with Crippen LogP contribution in [0.2, 0.25) is 0 Å². The number of nitrogens with zero attached hydrogens (tertiary/aromatic N) is 2. The van der Waals surface area contributed by atoms with E-state index in [1.807, 2.05) is 19.9 Å². The monoisotopic (exact) mass is 427 g/mol. The van der Waals surface area contributed by atoms with Gasteiger partial charge in [0.2, 0.25) is 0 Å². The molecule has 2 heterocycles. The molecule has 1 aliphatic carbocycles. The predicted octanol–water partition coefficient (Wildman–Crippen LogP) is 4.65. The van der Waals surface area contributed by atoms with Crippen LogP contribution in [0.5, 0.6) is 5.75 Å². The fourth-order valence-electron chi connectivity index (χ4n) is 5.46. The second-order valence-electron chi connectivity index (χ2n) is 9.12. The largest absolute Gasteiger partial charge is 0.506 e. The van der Waals surface area contributed by atoms with Crippen LogP contribution in [-0.4, -0.2) is 39.2 Å². The topological polar surface area (TPSA) is 74.6 Å². The molecule has 3 unspecified atom stereocenters. The van der Waals surface area contributed by atoms with E-state index in [9.17, 15) is 14.7 Å². The number of para-hydroxylation sites is 1. The molecule has 6 heteroatoms. The number of pyridine rings is 1. The maximum atomic E-state index is 13.3. The van der Waals surface area contributed by atoms with Gasteiger partial charge in [0.1, 0.15) is 11.3 Å². The number of hydrogen-bond acceptors (Lipinski definition) is 4. The highest BCUT2D eigenvalue weighted by Crippen LogP contribution is 2.36. The maximum Gasteiger partial charge on any atom is 0.267 e. The number of amides is 1. The highest BCUT2D eigenvalue weighted by Gasteiger charge is 2.36. The van der Waals surface area contributed by atoms with Crippen LogP contribution in [0.4, 0.5) is 0 Å². The van der Waals surface area contributed by atoms with Gasteiger partial charge in [-0.3, -0.25) is 14.5 Å². The first-order valence-electron chi connectivity index (χ1n) is 11.3. The van der Waals surface area contributed by atoms with Gasteiger partial charge in [-0.05, 0) is 57.6 Å². The molecule has 2 N–H and O–H groups in total. The van der Waals surface area contributed by atoms with Crippen LogP contribution in [0.1, 0.15) is 83.1 Å². The number of aromatic nitrogens is 1. The Morgan fingerprint density at radius 1 is 1.23 bits per heavy atom. The molecule has 2 fully saturated rings. The lowest BCUT2D eigenvalue weighted by molar-refractivity contribution is 0.0223. The summed E-state index contributed by atoms with van der Waals surface area (Å²) >= 11 is 0. The summed E-state index contributed by atoms with van der Waals surface area (Å²) in [5.41, 5.74) is 0.0483. The molecule has 0 spiro atoms. The molecule has 0 radical (unpaired) electrons. The Bertz CT molecular complexity index is 997. The van der Waals surface area contributed by atoms with E-state index in [2.05, 4.69) is 17.1 Å². The van der Waals surface area contributed by atoms with Gasteiger partial charge in [-0.2, -0.15) is 0 Å². The number of fused-ring (bicyclic) bond motifs is 3. The van der Waals surface area contributed by atoms with Crippen LogP contribution in [-0.2, 0) is 0 Å². The molecule has 1 aromatic heterocycles. The summed E-state index contributed by atoms with van der Waals surface area (Å²) in [4.78, 5) is 28.9. The van der Waals surface area contributed by atoms with Crippen molar-refractivity contribution in [1.29, 1.82) is 0 Å². The van der Waals surface area contributed by atoms with Crippen molar-refractivity contribution in [2.45, 2.75) is 85.0 Å². The average molecular weight is 428 g/mol. The molecule has 1 saturated heterocycles. The Balaban J connectivity index is 0.00000272. The molecule has 3 atom stereocenters. The summed E-state index contributed by atoms with van der Waals surface area (Å²) in [7, 11) is 0. The maximum absolute atomic E-state index is 13.3. The van der Waals surface area contributed by atoms with Crippen molar-refractivity contribution in [2.24, 2.45) is 5.92 Å². The molecule has 2 aromatic rings. The van der Waals surface area contributed by atoms with Crippen LogP contribution in [0.3, 0.4) is 0 Å². The second kappa shape index (κ2) is 9.43. The zero-order chi connectivity index (χ0) is 21.4. The van der Waals surface area contributed by atoms with E-state index in [0.717, 1.165) is 18.9 Å². The first-order chi connectivity index (χ1) is 14.4. The van der Waals surface area contributed by atoms with Crippen LogP contribution in [0, 0.1) is 5.92 Å². The number of rotatable bonds is 5. The number of aromatic hydroxyl groups is 1. The van der Waals surface area contributed by atoms with Crippen molar-refractivity contribution in [1.82, 2.24) is 14.8 Å². The molecular formula is C25H37N3O3. The molecular weight excluding hydrogens is 390 g/mol. The van der Waals surface area contributed by atoms with Gasteiger partial charge in [-0.15, -0.1) is 0 Å². The molecule has 1 aliphatic heterocycles. The van der Waals surface area contributed by atoms with Crippen molar-refractivity contribution in [3.63, 3.8) is 0 Å². The van der Waals surface area contributed by atoms with Gasteiger partial charge in [-0.25, -0.2) is 0 Å². The summed E-state index contributed by atoms with van der Waals surface area (Å²) in [5, 5.41) is 14.5. The molecule has 170 valence electrons. The number of benzene rings is 1. The third-order valence-corrected chi connectivity index (χ3v) is 6.94. The van der Waals surface area contributed by atoms with Crippen molar-refractivity contribution >= 4 is 16.8 Å². The van der Waals surface area contributed by atoms with Crippen molar-refractivity contribution in [3.8, 4) is 5.75 Å². The Kier molecular flexibility index (Phi) is 7.10. The summed E-state index contributed by atoms with van der Waals surface area (Å²) < 4.78 is 1.59. The Morgan fingerprint density at radius 3 is 2.68 bits per heavy atom.